The number of rotatable bonds is 10. The topological polar surface area (TPSA) is 165 Å². The number of carboxylic acid groups (broad SMARTS) is 1. The van der Waals surface area contributed by atoms with Crippen molar-refractivity contribution in [2.24, 2.45) is 0 Å². The lowest BCUT2D eigenvalue weighted by Crippen LogP contribution is -2.61. The van der Waals surface area contributed by atoms with Crippen molar-refractivity contribution in [2.75, 3.05) is 26.4 Å². The Morgan fingerprint density at radius 3 is 1.91 bits per heavy atom. The van der Waals surface area contributed by atoms with E-state index >= 15 is 0 Å². The van der Waals surface area contributed by atoms with Crippen LogP contribution in [-0.4, -0.2) is 76.4 Å². The number of carbonyl (C=O) groups is 3. The fourth-order valence-electron chi connectivity index (χ4n) is 3.78. The van der Waals surface area contributed by atoms with Gasteiger partial charge < -0.3 is 35.8 Å². The summed E-state index contributed by atoms with van der Waals surface area (Å²) in [4.78, 5) is 36.1. The second-order valence-corrected chi connectivity index (χ2v) is 7.86. The Bertz CT molecular complexity index is 967. The molecule has 2 aromatic rings. The number of alkyl carbamates (subject to hydrolysis) is 1. The summed E-state index contributed by atoms with van der Waals surface area (Å²) in [6, 6.07) is 13.9. The molecular formula is C23H26N2O8. The van der Waals surface area contributed by atoms with E-state index in [-0.39, 0.29) is 12.5 Å². The number of benzene rings is 2. The Morgan fingerprint density at radius 1 is 0.909 bits per heavy atom. The molecule has 0 aliphatic heterocycles. The number of hydrogen-bond donors (Lipinski definition) is 6. The number of hydrogen-bond acceptors (Lipinski definition) is 7. The van der Waals surface area contributed by atoms with Gasteiger partial charge in [-0.15, -0.1) is 0 Å². The molecule has 0 aromatic heterocycles. The molecule has 33 heavy (non-hydrogen) atoms. The molecule has 1 aliphatic rings. The van der Waals surface area contributed by atoms with E-state index in [1.807, 2.05) is 48.5 Å². The average Bonchev–Trinajstić information content (AvgIpc) is 3.14. The number of aliphatic hydroxyl groups is 3. The highest BCUT2D eigenvalue weighted by Crippen LogP contribution is 2.44. The SMILES string of the molecule is O=C(O)CC(NC(=O)OCC1c2ccccc2-c2ccccc21)C(=O)NC(CO)(CO)CO. The zero-order chi connectivity index (χ0) is 24.0. The van der Waals surface area contributed by atoms with E-state index in [9.17, 15) is 29.7 Å². The Balaban J connectivity index is 1.69. The van der Waals surface area contributed by atoms with Crippen molar-refractivity contribution in [1.82, 2.24) is 10.6 Å². The van der Waals surface area contributed by atoms with Crippen LogP contribution >= 0.6 is 0 Å². The fraction of sp³-hybridized carbons (Fsp3) is 0.348. The number of amides is 2. The van der Waals surface area contributed by atoms with Gasteiger partial charge in [-0.2, -0.15) is 0 Å². The van der Waals surface area contributed by atoms with Crippen LogP contribution in [0.15, 0.2) is 48.5 Å². The first-order valence-electron chi connectivity index (χ1n) is 10.3. The number of aliphatic hydroxyl groups excluding tert-OH is 3. The molecule has 1 atom stereocenters. The van der Waals surface area contributed by atoms with Crippen LogP contribution in [0.3, 0.4) is 0 Å². The third kappa shape index (κ3) is 5.30. The molecule has 10 nitrogen and oxygen atoms in total. The summed E-state index contributed by atoms with van der Waals surface area (Å²) in [5.41, 5.74) is 2.29. The van der Waals surface area contributed by atoms with Crippen molar-refractivity contribution in [3.63, 3.8) is 0 Å². The summed E-state index contributed by atoms with van der Waals surface area (Å²) >= 11 is 0. The molecule has 0 spiro atoms. The molecule has 1 aliphatic carbocycles. The third-order valence-corrected chi connectivity index (χ3v) is 5.63. The summed E-state index contributed by atoms with van der Waals surface area (Å²) in [7, 11) is 0. The van der Waals surface area contributed by atoms with Gasteiger partial charge >= 0.3 is 12.1 Å². The third-order valence-electron chi connectivity index (χ3n) is 5.63. The first-order chi connectivity index (χ1) is 15.8. The van der Waals surface area contributed by atoms with Gasteiger partial charge in [-0.3, -0.25) is 9.59 Å². The van der Waals surface area contributed by atoms with Gasteiger partial charge in [-0.1, -0.05) is 48.5 Å². The minimum absolute atomic E-state index is 0.0326. The van der Waals surface area contributed by atoms with Crippen molar-refractivity contribution in [2.45, 2.75) is 23.9 Å². The van der Waals surface area contributed by atoms with Crippen LogP contribution in [0.2, 0.25) is 0 Å². The van der Waals surface area contributed by atoms with Crippen LogP contribution in [0.4, 0.5) is 4.79 Å². The van der Waals surface area contributed by atoms with Crippen molar-refractivity contribution in [3.8, 4) is 11.1 Å². The smallest absolute Gasteiger partial charge is 0.407 e. The second kappa shape index (κ2) is 10.4. The molecule has 0 bridgehead atoms. The minimum Gasteiger partial charge on any atom is -0.481 e. The van der Waals surface area contributed by atoms with E-state index in [0.717, 1.165) is 22.3 Å². The maximum atomic E-state index is 12.5. The maximum absolute atomic E-state index is 12.5. The highest BCUT2D eigenvalue weighted by molar-refractivity contribution is 5.89. The predicted octanol–water partition coefficient (Wildman–Crippen LogP) is 0.200. The number of aliphatic carboxylic acids is 1. The van der Waals surface area contributed by atoms with Crippen molar-refractivity contribution < 1.29 is 39.5 Å². The van der Waals surface area contributed by atoms with Gasteiger partial charge in [0.2, 0.25) is 5.91 Å². The molecule has 176 valence electrons. The molecule has 0 radical (unpaired) electrons. The van der Waals surface area contributed by atoms with Crippen molar-refractivity contribution in [1.29, 1.82) is 0 Å². The summed E-state index contributed by atoms with van der Waals surface area (Å²) in [6.07, 6.45) is -1.77. The average molecular weight is 458 g/mol. The predicted molar refractivity (Wildman–Crippen MR) is 116 cm³/mol. The highest BCUT2D eigenvalue weighted by Gasteiger charge is 2.35. The molecular weight excluding hydrogens is 432 g/mol. The molecule has 6 N–H and O–H groups in total. The van der Waals surface area contributed by atoms with Crippen LogP contribution in [0, 0.1) is 0 Å². The van der Waals surface area contributed by atoms with Gasteiger partial charge in [0.05, 0.1) is 26.2 Å². The number of nitrogens with one attached hydrogen (secondary N) is 2. The lowest BCUT2D eigenvalue weighted by Gasteiger charge is -2.30. The molecule has 0 saturated carbocycles. The normalized spacial score (nSPS) is 13.5. The summed E-state index contributed by atoms with van der Waals surface area (Å²) in [5.74, 6) is -2.58. The van der Waals surface area contributed by atoms with Gasteiger partial charge in [0.1, 0.15) is 18.2 Å². The fourth-order valence-corrected chi connectivity index (χ4v) is 3.78. The van der Waals surface area contributed by atoms with Gasteiger partial charge in [-0.05, 0) is 22.3 Å². The second-order valence-electron chi connectivity index (χ2n) is 7.86. The minimum atomic E-state index is -1.77. The van der Waals surface area contributed by atoms with E-state index in [1.54, 1.807) is 0 Å². The summed E-state index contributed by atoms with van der Waals surface area (Å²) in [5, 5.41) is 41.6. The molecule has 3 rings (SSSR count). The molecule has 2 aromatic carbocycles. The van der Waals surface area contributed by atoms with Crippen molar-refractivity contribution in [3.05, 3.63) is 59.7 Å². The van der Waals surface area contributed by atoms with E-state index in [4.69, 9.17) is 9.84 Å². The summed E-state index contributed by atoms with van der Waals surface area (Å²) < 4.78 is 5.34. The largest absolute Gasteiger partial charge is 0.481 e. The zero-order valence-electron chi connectivity index (χ0n) is 17.7. The monoisotopic (exact) mass is 458 g/mol. The van der Waals surface area contributed by atoms with Crippen LogP contribution in [-0.2, 0) is 14.3 Å². The number of ether oxygens (including phenoxy) is 1. The first kappa shape index (κ1) is 24.2. The summed E-state index contributed by atoms with van der Waals surface area (Å²) in [6.45, 7) is -2.42. The first-order valence-corrected chi connectivity index (χ1v) is 10.3. The Labute approximate surface area is 189 Å². The Morgan fingerprint density at radius 2 is 1.42 bits per heavy atom. The number of fused-ring (bicyclic) bond motifs is 3. The van der Waals surface area contributed by atoms with E-state index < -0.39 is 55.8 Å². The highest BCUT2D eigenvalue weighted by atomic mass is 16.5. The Hall–Kier alpha value is -3.47. The van der Waals surface area contributed by atoms with Crippen LogP contribution < -0.4 is 10.6 Å². The number of carbonyl (C=O) groups excluding carboxylic acids is 2. The molecule has 1 unspecified atom stereocenters. The quantitative estimate of drug-likeness (QED) is 0.294. The Kier molecular flexibility index (Phi) is 7.64. The van der Waals surface area contributed by atoms with Gasteiger partial charge in [0.15, 0.2) is 0 Å². The van der Waals surface area contributed by atoms with Gasteiger partial charge in [-0.25, -0.2) is 4.79 Å². The zero-order valence-corrected chi connectivity index (χ0v) is 17.7. The molecule has 0 fully saturated rings. The molecule has 10 heteroatoms. The lowest BCUT2D eigenvalue weighted by molar-refractivity contribution is -0.140. The van der Waals surface area contributed by atoms with E-state index in [0.29, 0.717) is 0 Å². The van der Waals surface area contributed by atoms with Gasteiger partial charge in [0.25, 0.3) is 0 Å². The van der Waals surface area contributed by atoms with E-state index in [2.05, 4.69) is 10.6 Å². The van der Waals surface area contributed by atoms with E-state index in [1.165, 1.54) is 0 Å². The van der Waals surface area contributed by atoms with Crippen LogP contribution in [0.5, 0.6) is 0 Å². The standard InChI is InChI=1S/C23H26N2O8/c26-11-23(12-27,13-28)25-21(31)19(9-20(29)30)24-22(32)33-10-18-16-7-3-1-5-14(16)15-6-2-4-8-17(15)18/h1-8,18-19,26-28H,9-13H2,(H,24,32)(H,25,31)(H,29,30). The van der Waals surface area contributed by atoms with Crippen molar-refractivity contribution >= 4 is 18.0 Å². The van der Waals surface area contributed by atoms with Gasteiger partial charge in [0, 0.05) is 5.92 Å². The molecule has 0 heterocycles. The maximum Gasteiger partial charge on any atom is 0.407 e. The molecule has 0 saturated heterocycles. The van der Waals surface area contributed by atoms with Crippen LogP contribution in [0.1, 0.15) is 23.5 Å². The lowest BCUT2D eigenvalue weighted by atomic mass is 9.98. The number of carboxylic acids is 1. The molecule has 2 amide bonds. The van der Waals surface area contributed by atoms with Crippen LogP contribution in [0.25, 0.3) is 11.1 Å².